The zero-order chi connectivity index (χ0) is 18.8. The van der Waals surface area contributed by atoms with Gasteiger partial charge in [-0.3, -0.25) is 4.90 Å². The van der Waals surface area contributed by atoms with E-state index in [1.54, 1.807) is 4.90 Å². The van der Waals surface area contributed by atoms with Crippen LogP contribution in [0, 0.1) is 3.57 Å². The van der Waals surface area contributed by atoms with Crippen molar-refractivity contribution in [3.63, 3.8) is 0 Å². The standard InChI is InChI=1S/C17H22F3IN2O2/c1-16(2,3)25-15(24)23-8-6-22(7-9-23)11-12-4-5-13(10-14(12)21)17(18,19)20/h4-5,10H,6-9,11H2,1-3H3. The summed E-state index contributed by atoms with van der Waals surface area (Å²) in [6.45, 7) is 8.47. The lowest BCUT2D eigenvalue weighted by Gasteiger charge is -2.35. The third-order valence-corrected chi connectivity index (χ3v) is 4.80. The molecule has 0 spiro atoms. The summed E-state index contributed by atoms with van der Waals surface area (Å²) in [6.07, 6.45) is -4.64. The van der Waals surface area contributed by atoms with Crippen molar-refractivity contribution in [3.8, 4) is 0 Å². The summed E-state index contributed by atoms with van der Waals surface area (Å²) >= 11 is 1.94. The largest absolute Gasteiger partial charge is 0.444 e. The van der Waals surface area contributed by atoms with Crippen LogP contribution in [0.25, 0.3) is 0 Å². The number of halogens is 4. The molecule has 4 nitrogen and oxygen atoms in total. The van der Waals surface area contributed by atoms with Gasteiger partial charge >= 0.3 is 12.3 Å². The van der Waals surface area contributed by atoms with Gasteiger partial charge in [0.15, 0.2) is 0 Å². The van der Waals surface area contributed by atoms with Crippen molar-refractivity contribution in [2.45, 2.75) is 39.1 Å². The van der Waals surface area contributed by atoms with E-state index in [-0.39, 0.29) is 6.09 Å². The molecule has 0 aliphatic carbocycles. The van der Waals surface area contributed by atoms with Crippen molar-refractivity contribution < 1.29 is 22.7 Å². The highest BCUT2D eigenvalue weighted by Crippen LogP contribution is 2.31. The highest BCUT2D eigenvalue weighted by molar-refractivity contribution is 14.1. The number of amides is 1. The van der Waals surface area contributed by atoms with Gasteiger partial charge in [-0.2, -0.15) is 13.2 Å². The van der Waals surface area contributed by atoms with Crippen LogP contribution < -0.4 is 0 Å². The van der Waals surface area contributed by atoms with Crippen molar-refractivity contribution in [2.75, 3.05) is 26.2 Å². The van der Waals surface area contributed by atoms with Crippen molar-refractivity contribution in [1.29, 1.82) is 0 Å². The van der Waals surface area contributed by atoms with Gasteiger partial charge in [0, 0.05) is 36.3 Å². The summed E-state index contributed by atoms with van der Waals surface area (Å²) < 4.78 is 44.1. The van der Waals surface area contributed by atoms with Crippen LogP contribution in [-0.4, -0.2) is 47.7 Å². The van der Waals surface area contributed by atoms with Crippen LogP contribution in [0.3, 0.4) is 0 Å². The van der Waals surface area contributed by atoms with Gasteiger partial charge in [0.2, 0.25) is 0 Å². The van der Waals surface area contributed by atoms with E-state index >= 15 is 0 Å². The summed E-state index contributed by atoms with van der Waals surface area (Å²) in [4.78, 5) is 15.8. The summed E-state index contributed by atoms with van der Waals surface area (Å²) in [7, 11) is 0. The molecule has 1 aromatic rings. The van der Waals surface area contributed by atoms with E-state index in [0.717, 1.165) is 11.6 Å². The van der Waals surface area contributed by atoms with Gasteiger partial charge in [0.25, 0.3) is 0 Å². The van der Waals surface area contributed by atoms with E-state index in [4.69, 9.17) is 4.74 Å². The number of rotatable bonds is 2. The SMILES string of the molecule is CC(C)(C)OC(=O)N1CCN(Cc2ccc(C(F)(F)F)cc2I)CC1. The van der Waals surface area contributed by atoms with Crippen molar-refractivity contribution >= 4 is 28.7 Å². The van der Waals surface area contributed by atoms with Crippen LogP contribution in [0.4, 0.5) is 18.0 Å². The van der Waals surface area contributed by atoms with Crippen LogP contribution in [0.5, 0.6) is 0 Å². The number of carbonyl (C=O) groups is 1. The molecular weight excluding hydrogens is 448 g/mol. The maximum atomic E-state index is 12.7. The molecule has 1 aliphatic rings. The van der Waals surface area contributed by atoms with Crippen molar-refractivity contribution in [3.05, 3.63) is 32.9 Å². The lowest BCUT2D eigenvalue weighted by Crippen LogP contribution is -2.49. The second-order valence-corrected chi connectivity index (χ2v) is 8.21. The molecule has 0 aromatic heterocycles. The molecule has 2 rings (SSSR count). The molecule has 8 heteroatoms. The molecule has 0 N–H and O–H groups in total. The Morgan fingerprint density at radius 2 is 1.76 bits per heavy atom. The Balaban J connectivity index is 1.91. The molecule has 1 aromatic carbocycles. The number of nitrogens with zero attached hydrogens (tertiary/aromatic N) is 2. The molecule has 1 saturated heterocycles. The van der Waals surface area contributed by atoms with E-state index in [2.05, 4.69) is 4.90 Å². The Kier molecular flexibility index (Phi) is 6.24. The number of carbonyl (C=O) groups excluding carboxylic acids is 1. The predicted octanol–water partition coefficient (Wildman–Crippen LogP) is 4.36. The number of ether oxygens (including phenoxy) is 1. The van der Waals surface area contributed by atoms with Crippen LogP contribution in [0.2, 0.25) is 0 Å². The third kappa shape index (κ3) is 6.02. The zero-order valence-electron chi connectivity index (χ0n) is 14.5. The van der Waals surface area contributed by atoms with E-state index < -0.39 is 17.3 Å². The van der Waals surface area contributed by atoms with Crippen LogP contribution in [0.15, 0.2) is 18.2 Å². The molecule has 1 fully saturated rings. The number of hydrogen-bond donors (Lipinski definition) is 0. The molecule has 0 bridgehead atoms. The van der Waals surface area contributed by atoms with E-state index in [1.807, 2.05) is 43.4 Å². The van der Waals surface area contributed by atoms with Gasteiger partial charge in [-0.05, 0) is 61.1 Å². The quantitative estimate of drug-likeness (QED) is 0.603. The number of benzene rings is 1. The third-order valence-electron chi connectivity index (χ3n) is 3.80. The molecular formula is C17H22F3IN2O2. The number of hydrogen-bond acceptors (Lipinski definition) is 3. The number of piperazine rings is 1. The van der Waals surface area contributed by atoms with Gasteiger partial charge in [-0.15, -0.1) is 0 Å². The molecule has 0 atom stereocenters. The molecule has 140 valence electrons. The Morgan fingerprint density at radius 3 is 2.24 bits per heavy atom. The molecule has 1 heterocycles. The lowest BCUT2D eigenvalue weighted by molar-refractivity contribution is -0.137. The maximum Gasteiger partial charge on any atom is 0.416 e. The Bertz CT molecular complexity index is 621. The fraction of sp³-hybridized carbons (Fsp3) is 0.588. The van der Waals surface area contributed by atoms with Crippen molar-refractivity contribution in [2.24, 2.45) is 0 Å². The van der Waals surface area contributed by atoms with E-state index in [9.17, 15) is 18.0 Å². The second kappa shape index (κ2) is 7.69. The first kappa shape index (κ1) is 20.3. The van der Waals surface area contributed by atoms with Gasteiger partial charge in [0.05, 0.1) is 5.56 Å². The van der Waals surface area contributed by atoms with Crippen LogP contribution >= 0.6 is 22.6 Å². The van der Waals surface area contributed by atoms with Gasteiger partial charge in [-0.1, -0.05) is 6.07 Å². The Hall–Kier alpha value is -1.03. The molecule has 1 aliphatic heterocycles. The minimum absolute atomic E-state index is 0.323. The topological polar surface area (TPSA) is 32.8 Å². The van der Waals surface area contributed by atoms with Crippen molar-refractivity contribution in [1.82, 2.24) is 9.80 Å². The lowest BCUT2D eigenvalue weighted by atomic mass is 10.1. The zero-order valence-corrected chi connectivity index (χ0v) is 16.6. The Labute approximate surface area is 159 Å². The van der Waals surface area contributed by atoms with E-state index in [0.29, 0.717) is 36.3 Å². The fourth-order valence-corrected chi connectivity index (χ4v) is 3.19. The summed E-state index contributed by atoms with van der Waals surface area (Å²) in [5.74, 6) is 0. The summed E-state index contributed by atoms with van der Waals surface area (Å²) in [6, 6.07) is 3.83. The van der Waals surface area contributed by atoms with Gasteiger partial charge in [-0.25, -0.2) is 4.79 Å². The monoisotopic (exact) mass is 470 g/mol. The fourth-order valence-electron chi connectivity index (χ4n) is 2.51. The van der Waals surface area contributed by atoms with Crippen LogP contribution in [-0.2, 0) is 17.5 Å². The minimum atomic E-state index is -4.32. The molecule has 0 unspecified atom stereocenters. The van der Waals surface area contributed by atoms with E-state index in [1.165, 1.54) is 12.1 Å². The summed E-state index contributed by atoms with van der Waals surface area (Å²) in [5, 5.41) is 0. The maximum absolute atomic E-state index is 12.7. The Morgan fingerprint density at radius 1 is 1.16 bits per heavy atom. The first-order valence-corrected chi connectivity index (χ1v) is 9.09. The molecule has 0 radical (unpaired) electrons. The van der Waals surface area contributed by atoms with Crippen LogP contribution in [0.1, 0.15) is 31.9 Å². The average molecular weight is 470 g/mol. The normalized spacial score (nSPS) is 16.8. The van der Waals surface area contributed by atoms with Gasteiger partial charge in [0.1, 0.15) is 5.60 Å². The second-order valence-electron chi connectivity index (χ2n) is 7.05. The highest BCUT2D eigenvalue weighted by atomic mass is 127. The molecule has 1 amide bonds. The minimum Gasteiger partial charge on any atom is -0.444 e. The number of alkyl halides is 3. The molecule has 0 saturated carbocycles. The summed E-state index contributed by atoms with van der Waals surface area (Å²) in [5.41, 5.74) is -0.292. The first-order chi connectivity index (χ1) is 11.5. The average Bonchev–Trinajstić information content (AvgIpc) is 2.47. The highest BCUT2D eigenvalue weighted by Gasteiger charge is 2.31. The first-order valence-electron chi connectivity index (χ1n) is 8.01. The van der Waals surface area contributed by atoms with Gasteiger partial charge < -0.3 is 9.64 Å². The molecule has 25 heavy (non-hydrogen) atoms. The predicted molar refractivity (Wildman–Crippen MR) is 97.2 cm³/mol. The smallest absolute Gasteiger partial charge is 0.416 e.